The van der Waals surface area contributed by atoms with Crippen molar-refractivity contribution < 1.29 is 19.4 Å². The largest absolute Gasteiger partial charge is 0.481 e. The van der Waals surface area contributed by atoms with Crippen LogP contribution in [0.5, 0.6) is 0 Å². The van der Waals surface area contributed by atoms with Gasteiger partial charge < -0.3 is 9.84 Å². The van der Waals surface area contributed by atoms with E-state index < -0.39 is 5.97 Å². The average molecular weight is 551 g/mol. The van der Waals surface area contributed by atoms with Crippen molar-refractivity contribution in [3.05, 3.63) is 12.2 Å². The van der Waals surface area contributed by atoms with Gasteiger partial charge in [0.15, 0.2) is 0 Å². The van der Waals surface area contributed by atoms with Crippen molar-refractivity contribution in [2.24, 2.45) is 0 Å². The second-order valence-corrected chi connectivity index (χ2v) is 11.7. The summed E-state index contributed by atoms with van der Waals surface area (Å²) in [6.45, 7) is 4.51. The molecule has 0 bridgehead atoms. The zero-order valence-corrected chi connectivity index (χ0v) is 26.2. The van der Waals surface area contributed by atoms with Gasteiger partial charge in [-0.05, 0) is 64.2 Å². The molecule has 230 valence electrons. The van der Waals surface area contributed by atoms with Crippen LogP contribution in [0.1, 0.15) is 194 Å². The number of allylic oxidation sites excluding steroid dienone is 2. The summed E-state index contributed by atoms with van der Waals surface area (Å²) in [5, 5.41) is 8.87. The van der Waals surface area contributed by atoms with Crippen molar-refractivity contribution in [2.45, 2.75) is 200 Å². The van der Waals surface area contributed by atoms with Crippen molar-refractivity contribution in [3.8, 4) is 0 Å². The molecule has 0 heterocycles. The molecule has 4 nitrogen and oxygen atoms in total. The first-order valence-electron chi connectivity index (χ1n) is 17.2. The fraction of sp³-hybridized carbons (Fsp3) is 0.886. The Balaban J connectivity index is 3.79. The SMILES string of the molecule is CCCCCCCC/C=C\CCCCCCCCCC(=O)OC(CCCCCCCCC)CCCCC(=O)O. The van der Waals surface area contributed by atoms with Gasteiger partial charge in [-0.3, -0.25) is 9.59 Å². The Morgan fingerprint density at radius 1 is 0.538 bits per heavy atom. The van der Waals surface area contributed by atoms with Crippen LogP contribution in [0.4, 0.5) is 0 Å². The van der Waals surface area contributed by atoms with Crippen molar-refractivity contribution in [2.75, 3.05) is 0 Å². The molecular formula is C35H66O4. The number of rotatable bonds is 31. The summed E-state index contributed by atoms with van der Waals surface area (Å²) in [5.41, 5.74) is 0. The van der Waals surface area contributed by atoms with E-state index in [-0.39, 0.29) is 18.5 Å². The third-order valence-electron chi connectivity index (χ3n) is 7.74. The van der Waals surface area contributed by atoms with Crippen molar-refractivity contribution in [3.63, 3.8) is 0 Å². The molecule has 0 amide bonds. The van der Waals surface area contributed by atoms with Gasteiger partial charge in [0.05, 0.1) is 0 Å². The van der Waals surface area contributed by atoms with Crippen LogP contribution in [0, 0.1) is 0 Å². The summed E-state index contributed by atoms with van der Waals surface area (Å²) in [5.74, 6) is -0.805. The van der Waals surface area contributed by atoms with Gasteiger partial charge in [-0.25, -0.2) is 0 Å². The van der Waals surface area contributed by atoms with Crippen LogP contribution >= 0.6 is 0 Å². The van der Waals surface area contributed by atoms with Crippen LogP contribution in [0.15, 0.2) is 12.2 Å². The van der Waals surface area contributed by atoms with Gasteiger partial charge >= 0.3 is 11.9 Å². The molecule has 0 aliphatic carbocycles. The monoisotopic (exact) mass is 550 g/mol. The molecule has 1 N–H and O–H groups in total. The minimum Gasteiger partial charge on any atom is -0.481 e. The van der Waals surface area contributed by atoms with Crippen molar-refractivity contribution >= 4 is 11.9 Å². The molecule has 0 aromatic carbocycles. The number of carbonyl (C=O) groups excluding carboxylic acids is 1. The van der Waals surface area contributed by atoms with E-state index in [0.29, 0.717) is 12.8 Å². The summed E-state index contributed by atoms with van der Waals surface area (Å²) in [6, 6.07) is 0. The Hall–Kier alpha value is -1.32. The second-order valence-electron chi connectivity index (χ2n) is 11.7. The molecule has 0 aromatic rings. The number of ether oxygens (including phenoxy) is 1. The number of hydrogen-bond acceptors (Lipinski definition) is 3. The highest BCUT2D eigenvalue weighted by atomic mass is 16.5. The molecule has 0 saturated carbocycles. The number of hydrogen-bond donors (Lipinski definition) is 1. The van der Waals surface area contributed by atoms with Gasteiger partial charge in [0.2, 0.25) is 0 Å². The lowest BCUT2D eigenvalue weighted by atomic mass is 10.0. The van der Waals surface area contributed by atoms with E-state index in [4.69, 9.17) is 9.84 Å². The highest BCUT2D eigenvalue weighted by Gasteiger charge is 2.14. The first-order valence-corrected chi connectivity index (χ1v) is 17.2. The van der Waals surface area contributed by atoms with E-state index >= 15 is 0 Å². The van der Waals surface area contributed by atoms with Gasteiger partial charge in [-0.2, -0.15) is 0 Å². The molecule has 39 heavy (non-hydrogen) atoms. The van der Waals surface area contributed by atoms with Gasteiger partial charge in [0.1, 0.15) is 6.10 Å². The molecule has 0 aliphatic heterocycles. The second kappa shape index (κ2) is 31.2. The first kappa shape index (κ1) is 37.7. The number of unbranched alkanes of at least 4 members (excludes halogenated alkanes) is 20. The quantitative estimate of drug-likeness (QED) is 0.0529. The van der Waals surface area contributed by atoms with E-state index in [0.717, 1.165) is 38.5 Å². The third-order valence-corrected chi connectivity index (χ3v) is 7.74. The molecule has 0 spiro atoms. The Morgan fingerprint density at radius 2 is 0.923 bits per heavy atom. The Bertz CT molecular complexity index is 557. The average Bonchev–Trinajstić information content (AvgIpc) is 2.92. The maximum absolute atomic E-state index is 12.4. The normalized spacial score (nSPS) is 12.3. The first-order chi connectivity index (χ1) is 19.1. The van der Waals surface area contributed by atoms with Gasteiger partial charge in [0.25, 0.3) is 0 Å². The summed E-state index contributed by atoms with van der Waals surface area (Å²) in [4.78, 5) is 23.2. The zero-order valence-electron chi connectivity index (χ0n) is 26.2. The Morgan fingerprint density at radius 3 is 1.41 bits per heavy atom. The molecule has 0 aliphatic rings. The zero-order chi connectivity index (χ0) is 28.7. The molecule has 1 unspecified atom stereocenters. The van der Waals surface area contributed by atoms with E-state index in [2.05, 4.69) is 26.0 Å². The number of carboxylic acid groups (broad SMARTS) is 1. The van der Waals surface area contributed by atoms with Crippen molar-refractivity contribution in [1.29, 1.82) is 0 Å². The number of carboxylic acids is 1. The Labute approximate surface area is 243 Å². The van der Waals surface area contributed by atoms with Crippen LogP contribution in [-0.4, -0.2) is 23.1 Å². The molecule has 0 rings (SSSR count). The third kappa shape index (κ3) is 31.1. The van der Waals surface area contributed by atoms with E-state index in [1.54, 1.807) is 0 Å². The predicted octanol–water partition coefficient (Wildman–Crippen LogP) is 11.5. The van der Waals surface area contributed by atoms with Gasteiger partial charge in [-0.1, -0.05) is 129 Å². The molecule has 0 aromatic heterocycles. The molecule has 0 radical (unpaired) electrons. The number of carbonyl (C=O) groups is 2. The molecular weight excluding hydrogens is 484 g/mol. The van der Waals surface area contributed by atoms with Gasteiger partial charge in [-0.15, -0.1) is 0 Å². The minimum atomic E-state index is -0.744. The van der Waals surface area contributed by atoms with E-state index in [1.807, 2.05) is 0 Å². The Kier molecular flexibility index (Phi) is 30.2. The van der Waals surface area contributed by atoms with Crippen LogP contribution in [0.25, 0.3) is 0 Å². The fourth-order valence-corrected chi connectivity index (χ4v) is 5.18. The van der Waals surface area contributed by atoms with Crippen molar-refractivity contribution in [1.82, 2.24) is 0 Å². The lowest BCUT2D eigenvalue weighted by Crippen LogP contribution is -2.18. The topological polar surface area (TPSA) is 63.6 Å². The smallest absolute Gasteiger partial charge is 0.306 e. The standard InChI is InChI=1S/C35H66O4/c1-3-5-7-9-11-12-13-14-15-16-17-18-19-20-22-24-26-32-35(38)39-33(30-27-28-31-34(36)37)29-25-23-21-10-8-6-4-2/h14-15,33H,3-13,16-32H2,1-2H3,(H,36,37)/b15-14-. The lowest BCUT2D eigenvalue weighted by molar-refractivity contribution is -0.150. The summed E-state index contributed by atoms with van der Waals surface area (Å²) in [6.07, 6.45) is 36.5. The van der Waals surface area contributed by atoms with Crippen LogP contribution in [0.3, 0.4) is 0 Å². The summed E-state index contributed by atoms with van der Waals surface area (Å²) < 4.78 is 5.84. The maximum Gasteiger partial charge on any atom is 0.306 e. The summed E-state index contributed by atoms with van der Waals surface area (Å²) in [7, 11) is 0. The van der Waals surface area contributed by atoms with E-state index in [9.17, 15) is 9.59 Å². The molecule has 0 saturated heterocycles. The number of esters is 1. The van der Waals surface area contributed by atoms with E-state index in [1.165, 1.54) is 122 Å². The lowest BCUT2D eigenvalue weighted by Gasteiger charge is -2.18. The fourth-order valence-electron chi connectivity index (χ4n) is 5.18. The predicted molar refractivity (Wildman–Crippen MR) is 167 cm³/mol. The summed E-state index contributed by atoms with van der Waals surface area (Å²) >= 11 is 0. The van der Waals surface area contributed by atoms with Gasteiger partial charge in [0, 0.05) is 12.8 Å². The minimum absolute atomic E-state index is 0.0400. The highest BCUT2D eigenvalue weighted by molar-refractivity contribution is 5.69. The molecule has 4 heteroatoms. The van der Waals surface area contributed by atoms with Crippen LogP contribution in [-0.2, 0) is 14.3 Å². The molecule has 1 atom stereocenters. The highest BCUT2D eigenvalue weighted by Crippen LogP contribution is 2.18. The maximum atomic E-state index is 12.4. The number of aliphatic carboxylic acids is 1. The van der Waals surface area contributed by atoms with Crippen LogP contribution in [0.2, 0.25) is 0 Å². The molecule has 0 fully saturated rings. The van der Waals surface area contributed by atoms with Crippen LogP contribution < -0.4 is 0 Å².